The average molecular weight is 545 g/mol. The van der Waals surface area contributed by atoms with E-state index in [0.717, 1.165) is 0 Å². The lowest BCUT2D eigenvalue weighted by Gasteiger charge is -2.26. The van der Waals surface area contributed by atoms with Crippen LogP contribution < -0.4 is 32.9 Å². The van der Waals surface area contributed by atoms with Gasteiger partial charge in [-0.1, -0.05) is 27.7 Å². The minimum absolute atomic E-state index is 0.0221. The van der Waals surface area contributed by atoms with E-state index in [1.165, 1.54) is 5.48 Å². The van der Waals surface area contributed by atoms with Gasteiger partial charge in [-0.15, -0.1) is 0 Å². The quantitative estimate of drug-likeness (QED) is 0.0571. The van der Waals surface area contributed by atoms with Gasteiger partial charge in [-0.2, -0.15) is 0 Å². The summed E-state index contributed by atoms with van der Waals surface area (Å²) >= 11 is 0. The summed E-state index contributed by atoms with van der Waals surface area (Å²) in [6.45, 7) is 7.63. The molecule has 0 aromatic heterocycles. The highest BCUT2D eigenvalue weighted by molar-refractivity contribution is 5.96. The predicted molar refractivity (Wildman–Crippen MR) is 137 cm³/mol. The van der Waals surface area contributed by atoms with E-state index < -0.39 is 66.0 Å². The molecule has 14 nitrogen and oxygen atoms in total. The highest BCUT2D eigenvalue weighted by Gasteiger charge is 2.32. The Morgan fingerprint density at radius 3 is 1.74 bits per heavy atom. The SMILES string of the molecule is CC(C)C[C@H](CC(=O)NO)C(=O)N[C@@H](CC(=O)O)C(=O)N[C@@H](CC(C)C)C(=O)N[C@@H](CCCCN)C(N)=O. The molecule has 0 aliphatic heterocycles. The van der Waals surface area contributed by atoms with Crippen LogP contribution in [0, 0.1) is 17.8 Å². The fourth-order valence-corrected chi connectivity index (χ4v) is 3.82. The van der Waals surface area contributed by atoms with Crippen LogP contribution in [0.4, 0.5) is 0 Å². The number of hydrogen-bond donors (Lipinski definition) is 8. The van der Waals surface area contributed by atoms with Crippen LogP contribution >= 0.6 is 0 Å². The second-order valence-corrected chi connectivity index (χ2v) is 10.2. The van der Waals surface area contributed by atoms with Crippen LogP contribution in [0.25, 0.3) is 0 Å². The first-order valence-electron chi connectivity index (χ1n) is 12.8. The Morgan fingerprint density at radius 1 is 0.737 bits per heavy atom. The van der Waals surface area contributed by atoms with Gasteiger partial charge < -0.3 is 32.5 Å². The number of hydrogen-bond acceptors (Lipinski definition) is 8. The van der Waals surface area contributed by atoms with Crippen LogP contribution in [-0.4, -0.2) is 70.5 Å². The second-order valence-electron chi connectivity index (χ2n) is 10.2. The number of hydroxylamine groups is 1. The number of amides is 5. The van der Waals surface area contributed by atoms with E-state index in [9.17, 15) is 33.9 Å². The molecule has 0 saturated carbocycles. The molecule has 0 fully saturated rings. The molecule has 14 heteroatoms. The van der Waals surface area contributed by atoms with E-state index in [-0.39, 0.29) is 37.5 Å². The zero-order valence-electron chi connectivity index (χ0n) is 22.6. The monoisotopic (exact) mass is 544 g/mol. The number of carbonyl (C=O) groups excluding carboxylic acids is 5. The number of carboxylic acids is 1. The maximum atomic E-state index is 13.1. The molecule has 218 valence electrons. The normalized spacial score (nSPS) is 14.2. The van der Waals surface area contributed by atoms with Crippen LogP contribution in [-0.2, 0) is 28.8 Å². The third-order valence-electron chi connectivity index (χ3n) is 5.64. The minimum atomic E-state index is -1.55. The van der Waals surface area contributed by atoms with Gasteiger partial charge in [-0.05, 0) is 50.5 Å². The van der Waals surface area contributed by atoms with Crippen molar-refractivity contribution in [1.29, 1.82) is 0 Å². The number of nitrogens with two attached hydrogens (primary N) is 2. The Kier molecular flexibility index (Phi) is 16.5. The summed E-state index contributed by atoms with van der Waals surface area (Å²) in [6, 6.07) is -3.67. The molecule has 0 saturated heterocycles. The van der Waals surface area contributed by atoms with Gasteiger partial charge in [0.15, 0.2) is 0 Å². The van der Waals surface area contributed by atoms with Crippen molar-refractivity contribution in [2.45, 2.75) is 90.8 Å². The van der Waals surface area contributed by atoms with Crippen LogP contribution in [0.2, 0.25) is 0 Å². The minimum Gasteiger partial charge on any atom is -0.481 e. The van der Waals surface area contributed by atoms with E-state index in [0.29, 0.717) is 19.4 Å². The maximum absolute atomic E-state index is 13.1. The number of primary amides is 1. The van der Waals surface area contributed by atoms with Crippen molar-refractivity contribution in [3.63, 3.8) is 0 Å². The number of rotatable bonds is 19. The van der Waals surface area contributed by atoms with E-state index >= 15 is 0 Å². The van der Waals surface area contributed by atoms with Crippen molar-refractivity contribution >= 4 is 35.5 Å². The second kappa shape index (κ2) is 18.1. The first-order valence-corrected chi connectivity index (χ1v) is 12.8. The number of nitrogens with one attached hydrogen (secondary N) is 4. The Hall–Kier alpha value is -3.26. The van der Waals surface area contributed by atoms with Crippen LogP contribution in [0.3, 0.4) is 0 Å². The molecule has 4 atom stereocenters. The van der Waals surface area contributed by atoms with Gasteiger partial charge in [0.1, 0.15) is 18.1 Å². The topological polar surface area (TPSA) is 243 Å². The molecule has 0 aliphatic rings. The van der Waals surface area contributed by atoms with Crippen molar-refractivity contribution in [2.24, 2.45) is 29.2 Å². The lowest BCUT2D eigenvalue weighted by molar-refractivity contribution is -0.142. The van der Waals surface area contributed by atoms with Gasteiger partial charge in [-0.25, -0.2) is 5.48 Å². The predicted octanol–water partition coefficient (Wildman–Crippen LogP) is -0.866. The van der Waals surface area contributed by atoms with Crippen LogP contribution in [0.15, 0.2) is 0 Å². The highest BCUT2D eigenvalue weighted by atomic mass is 16.5. The standard InChI is InChI=1S/C24H44N6O8/c1-13(2)9-15(11-19(31)30-38)22(35)28-18(12-20(32)33)24(37)29-17(10-14(3)4)23(36)27-16(21(26)34)7-5-6-8-25/h13-18,38H,5-12,25H2,1-4H3,(H2,26,34)(H,27,36)(H,28,35)(H,29,37)(H,30,31)(H,32,33)/t15-,16+,17+,18+/m1/s1. The van der Waals surface area contributed by atoms with E-state index in [1.807, 2.05) is 13.8 Å². The number of carboxylic acid groups (broad SMARTS) is 1. The van der Waals surface area contributed by atoms with Gasteiger partial charge in [0.2, 0.25) is 29.5 Å². The van der Waals surface area contributed by atoms with Gasteiger partial charge in [0, 0.05) is 12.3 Å². The molecule has 0 aromatic rings. The fraction of sp³-hybridized carbons (Fsp3) is 0.750. The lowest BCUT2D eigenvalue weighted by atomic mass is 9.92. The fourth-order valence-electron chi connectivity index (χ4n) is 3.82. The lowest BCUT2D eigenvalue weighted by Crippen LogP contribution is -2.57. The Bertz CT molecular complexity index is 820. The molecule has 0 aliphatic carbocycles. The Morgan fingerprint density at radius 2 is 1.26 bits per heavy atom. The summed E-state index contributed by atoms with van der Waals surface area (Å²) in [7, 11) is 0. The molecular weight excluding hydrogens is 500 g/mol. The van der Waals surface area contributed by atoms with Gasteiger partial charge in [0.25, 0.3) is 0 Å². The highest BCUT2D eigenvalue weighted by Crippen LogP contribution is 2.17. The Balaban J connectivity index is 5.72. The molecule has 38 heavy (non-hydrogen) atoms. The number of unbranched alkanes of at least 4 members (excludes halogenated alkanes) is 1. The van der Waals surface area contributed by atoms with Gasteiger partial charge in [-0.3, -0.25) is 34.0 Å². The largest absolute Gasteiger partial charge is 0.481 e. The zero-order chi connectivity index (χ0) is 29.4. The average Bonchev–Trinajstić information content (AvgIpc) is 2.80. The molecule has 0 radical (unpaired) electrons. The van der Waals surface area contributed by atoms with Crippen molar-refractivity contribution in [2.75, 3.05) is 6.54 Å². The maximum Gasteiger partial charge on any atom is 0.305 e. The number of carbonyl (C=O) groups is 6. The van der Waals surface area contributed by atoms with E-state index in [1.54, 1.807) is 13.8 Å². The van der Waals surface area contributed by atoms with E-state index in [2.05, 4.69) is 16.0 Å². The summed E-state index contributed by atoms with van der Waals surface area (Å²) in [6.07, 6.45) is 0.668. The third-order valence-corrected chi connectivity index (χ3v) is 5.64. The molecule has 0 heterocycles. The summed E-state index contributed by atoms with van der Waals surface area (Å²) < 4.78 is 0. The number of aliphatic carboxylic acids is 1. The summed E-state index contributed by atoms with van der Waals surface area (Å²) in [4.78, 5) is 73.8. The van der Waals surface area contributed by atoms with Gasteiger partial charge in [0.05, 0.1) is 6.42 Å². The Labute approximate surface area is 223 Å². The van der Waals surface area contributed by atoms with Crippen molar-refractivity contribution in [1.82, 2.24) is 21.4 Å². The molecule has 0 rings (SSSR count). The first-order chi connectivity index (χ1) is 17.7. The zero-order valence-corrected chi connectivity index (χ0v) is 22.6. The van der Waals surface area contributed by atoms with E-state index in [4.69, 9.17) is 16.7 Å². The van der Waals surface area contributed by atoms with Crippen molar-refractivity contribution in [3.8, 4) is 0 Å². The summed E-state index contributed by atoms with van der Waals surface area (Å²) in [5, 5.41) is 25.5. The van der Waals surface area contributed by atoms with Crippen LogP contribution in [0.1, 0.15) is 72.6 Å². The first kappa shape index (κ1) is 34.7. The molecule has 0 aromatic carbocycles. The molecule has 0 bridgehead atoms. The van der Waals surface area contributed by atoms with Crippen LogP contribution in [0.5, 0.6) is 0 Å². The third kappa shape index (κ3) is 14.5. The smallest absolute Gasteiger partial charge is 0.305 e. The summed E-state index contributed by atoms with van der Waals surface area (Å²) in [5.41, 5.74) is 12.3. The molecular formula is C24H44N6O8. The van der Waals surface area contributed by atoms with Gasteiger partial charge >= 0.3 is 5.97 Å². The molecule has 5 amide bonds. The molecule has 10 N–H and O–H groups in total. The summed E-state index contributed by atoms with van der Waals surface area (Å²) in [5.74, 6) is -6.32. The molecule has 0 spiro atoms. The van der Waals surface area contributed by atoms with Crippen molar-refractivity contribution in [3.05, 3.63) is 0 Å². The molecule has 0 unspecified atom stereocenters. The van der Waals surface area contributed by atoms with Crippen molar-refractivity contribution < 1.29 is 39.1 Å².